The molecule has 2 aliphatic heterocycles. The van der Waals surface area contributed by atoms with E-state index in [9.17, 15) is 9.18 Å². The van der Waals surface area contributed by atoms with Gasteiger partial charge < -0.3 is 20.3 Å². The highest BCUT2D eigenvalue weighted by Crippen LogP contribution is 2.36. The van der Waals surface area contributed by atoms with Crippen molar-refractivity contribution >= 4 is 23.5 Å². The largest absolute Gasteiger partial charge is 0.497 e. The Morgan fingerprint density at radius 3 is 3.03 bits per heavy atom. The van der Waals surface area contributed by atoms with Crippen molar-refractivity contribution in [3.8, 4) is 5.75 Å². The molecule has 2 atom stereocenters. The molecule has 1 fully saturated rings. The SMILES string of the molecule is COc1cccc(N2CCC(CNC(=O)NC3CCSc4ccc(F)cc43)C2)c1. The zero-order valence-corrected chi connectivity index (χ0v) is 17.3. The van der Waals surface area contributed by atoms with Gasteiger partial charge in [-0.05, 0) is 54.7 Å². The number of urea groups is 1. The molecule has 2 amide bonds. The fourth-order valence-corrected chi connectivity index (χ4v) is 5.11. The van der Waals surface area contributed by atoms with E-state index in [1.165, 1.54) is 12.1 Å². The van der Waals surface area contributed by atoms with E-state index in [0.29, 0.717) is 12.5 Å². The predicted octanol–water partition coefficient (Wildman–Crippen LogP) is 4.20. The Balaban J connectivity index is 1.28. The van der Waals surface area contributed by atoms with Crippen LogP contribution in [0.5, 0.6) is 5.75 Å². The monoisotopic (exact) mass is 415 g/mol. The lowest BCUT2D eigenvalue weighted by atomic mass is 10.0. The highest BCUT2D eigenvalue weighted by Gasteiger charge is 2.25. The summed E-state index contributed by atoms with van der Waals surface area (Å²) in [5.41, 5.74) is 2.02. The molecule has 2 aromatic carbocycles. The van der Waals surface area contributed by atoms with E-state index < -0.39 is 0 Å². The van der Waals surface area contributed by atoms with Gasteiger partial charge in [-0.2, -0.15) is 0 Å². The molecule has 2 N–H and O–H groups in total. The minimum absolute atomic E-state index is 0.140. The van der Waals surface area contributed by atoms with Crippen LogP contribution in [0.4, 0.5) is 14.9 Å². The Hall–Kier alpha value is -2.41. The second-order valence-corrected chi connectivity index (χ2v) is 8.67. The van der Waals surface area contributed by atoms with Gasteiger partial charge in [0.25, 0.3) is 0 Å². The van der Waals surface area contributed by atoms with Crippen molar-refractivity contribution in [3.63, 3.8) is 0 Å². The number of anilines is 1. The van der Waals surface area contributed by atoms with Crippen LogP contribution >= 0.6 is 11.8 Å². The molecule has 0 saturated carbocycles. The van der Waals surface area contributed by atoms with Crippen molar-refractivity contribution in [2.45, 2.75) is 23.8 Å². The summed E-state index contributed by atoms with van der Waals surface area (Å²) in [5, 5.41) is 6.03. The van der Waals surface area contributed by atoms with Crippen LogP contribution < -0.4 is 20.3 Å². The van der Waals surface area contributed by atoms with E-state index in [1.807, 2.05) is 18.2 Å². The van der Waals surface area contributed by atoms with E-state index in [1.54, 1.807) is 24.9 Å². The maximum atomic E-state index is 13.6. The maximum Gasteiger partial charge on any atom is 0.315 e. The van der Waals surface area contributed by atoms with Crippen LogP contribution in [-0.4, -0.2) is 38.5 Å². The summed E-state index contributed by atoms with van der Waals surface area (Å²) in [6.45, 7) is 2.50. The molecule has 154 valence electrons. The number of hydrogen-bond donors (Lipinski definition) is 2. The summed E-state index contributed by atoms with van der Waals surface area (Å²) in [6.07, 6.45) is 1.84. The van der Waals surface area contributed by atoms with Gasteiger partial charge in [0.1, 0.15) is 11.6 Å². The summed E-state index contributed by atoms with van der Waals surface area (Å²) in [6, 6.07) is 12.6. The summed E-state index contributed by atoms with van der Waals surface area (Å²) in [4.78, 5) is 15.8. The van der Waals surface area contributed by atoms with E-state index in [4.69, 9.17) is 4.74 Å². The smallest absolute Gasteiger partial charge is 0.315 e. The topological polar surface area (TPSA) is 53.6 Å². The van der Waals surface area contributed by atoms with Crippen molar-refractivity contribution in [1.29, 1.82) is 0 Å². The molecule has 29 heavy (non-hydrogen) atoms. The molecule has 0 aliphatic carbocycles. The standard InChI is InChI=1S/C22H26FN3O2S/c1-28-18-4-2-3-17(12-18)26-9-7-15(14-26)13-24-22(27)25-20-8-10-29-21-6-5-16(23)11-19(20)21/h2-6,11-12,15,20H,7-10,13-14H2,1H3,(H2,24,25,27). The molecule has 7 heteroatoms. The molecular formula is C22H26FN3O2S. The van der Waals surface area contributed by atoms with Gasteiger partial charge >= 0.3 is 6.03 Å². The second-order valence-electron chi connectivity index (χ2n) is 7.53. The van der Waals surface area contributed by atoms with Crippen molar-refractivity contribution < 1.29 is 13.9 Å². The Morgan fingerprint density at radius 1 is 1.28 bits per heavy atom. The molecule has 5 nitrogen and oxygen atoms in total. The lowest BCUT2D eigenvalue weighted by molar-refractivity contribution is 0.235. The lowest BCUT2D eigenvalue weighted by Crippen LogP contribution is -2.41. The summed E-state index contributed by atoms with van der Waals surface area (Å²) in [7, 11) is 1.67. The Bertz CT molecular complexity index is 879. The molecule has 1 saturated heterocycles. The average molecular weight is 416 g/mol. The normalized spacial score (nSPS) is 20.8. The van der Waals surface area contributed by atoms with E-state index in [0.717, 1.165) is 53.6 Å². The summed E-state index contributed by atoms with van der Waals surface area (Å²) in [5.74, 6) is 1.91. The fraction of sp³-hybridized carbons (Fsp3) is 0.409. The third-order valence-corrected chi connectivity index (χ3v) is 6.69. The number of ether oxygens (including phenoxy) is 1. The van der Waals surface area contributed by atoms with Gasteiger partial charge in [-0.3, -0.25) is 0 Å². The number of benzene rings is 2. The van der Waals surface area contributed by atoms with Crippen LogP contribution in [0.3, 0.4) is 0 Å². The van der Waals surface area contributed by atoms with Crippen LogP contribution in [0.15, 0.2) is 47.4 Å². The highest BCUT2D eigenvalue weighted by molar-refractivity contribution is 7.99. The molecular weight excluding hydrogens is 389 g/mol. The van der Waals surface area contributed by atoms with Gasteiger partial charge in [0, 0.05) is 42.0 Å². The third kappa shape index (κ3) is 4.78. The quantitative estimate of drug-likeness (QED) is 0.769. The number of nitrogens with zero attached hydrogens (tertiary/aromatic N) is 1. The van der Waals surface area contributed by atoms with E-state index >= 15 is 0 Å². The molecule has 2 aliphatic rings. The maximum absolute atomic E-state index is 13.6. The zero-order chi connectivity index (χ0) is 20.2. The number of hydrogen-bond acceptors (Lipinski definition) is 4. The Labute approximate surface area is 175 Å². The van der Waals surface area contributed by atoms with Crippen molar-refractivity contribution in [2.75, 3.05) is 37.4 Å². The van der Waals surface area contributed by atoms with Crippen LogP contribution in [0, 0.1) is 11.7 Å². The number of rotatable bonds is 5. The lowest BCUT2D eigenvalue weighted by Gasteiger charge is -2.26. The third-order valence-electron chi connectivity index (χ3n) is 5.57. The number of carbonyl (C=O) groups is 1. The summed E-state index contributed by atoms with van der Waals surface area (Å²) < 4.78 is 18.9. The number of thioether (sulfide) groups is 1. The first-order valence-corrected chi connectivity index (χ1v) is 11.0. The number of fused-ring (bicyclic) bond motifs is 1. The van der Waals surface area contributed by atoms with Gasteiger partial charge in [0.05, 0.1) is 13.2 Å². The van der Waals surface area contributed by atoms with Crippen LogP contribution in [0.25, 0.3) is 0 Å². The number of carbonyl (C=O) groups excluding carboxylic acids is 1. The zero-order valence-electron chi connectivity index (χ0n) is 16.5. The number of amides is 2. The van der Waals surface area contributed by atoms with Gasteiger partial charge in [0.2, 0.25) is 0 Å². The fourth-order valence-electron chi connectivity index (χ4n) is 4.00. The van der Waals surface area contributed by atoms with Gasteiger partial charge in [-0.15, -0.1) is 11.8 Å². The van der Waals surface area contributed by atoms with E-state index in [-0.39, 0.29) is 17.9 Å². The van der Waals surface area contributed by atoms with Crippen molar-refractivity contribution in [3.05, 3.63) is 53.8 Å². The first kappa shape index (κ1) is 19.9. The van der Waals surface area contributed by atoms with E-state index in [2.05, 4.69) is 21.6 Å². The molecule has 2 unspecified atom stereocenters. The first-order valence-electron chi connectivity index (χ1n) is 9.98. The molecule has 0 spiro atoms. The molecule has 0 bridgehead atoms. The highest BCUT2D eigenvalue weighted by atomic mass is 32.2. The Kier molecular flexibility index (Phi) is 6.13. The van der Waals surface area contributed by atoms with Gasteiger partial charge in [-0.25, -0.2) is 9.18 Å². The van der Waals surface area contributed by atoms with Crippen LogP contribution in [0.2, 0.25) is 0 Å². The average Bonchev–Trinajstić information content (AvgIpc) is 3.22. The predicted molar refractivity (Wildman–Crippen MR) is 114 cm³/mol. The molecule has 0 aromatic heterocycles. The number of halogens is 1. The second kappa shape index (κ2) is 8.95. The minimum atomic E-state index is -0.262. The molecule has 2 aromatic rings. The number of methoxy groups -OCH3 is 1. The number of nitrogens with one attached hydrogen (secondary N) is 2. The first-order chi connectivity index (χ1) is 14.1. The van der Waals surface area contributed by atoms with Gasteiger partial charge in [0.15, 0.2) is 0 Å². The molecule has 4 rings (SSSR count). The minimum Gasteiger partial charge on any atom is -0.497 e. The molecule has 2 heterocycles. The van der Waals surface area contributed by atoms with Gasteiger partial charge in [-0.1, -0.05) is 6.07 Å². The van der Waals surface area contributed by atoms with Crippen LogP contribution in [0.1, 0.15) is 24.4 Å². The Morgan fingerprint density at radius 2 is 2.17 bits per heavy atom. The van der Waals surface area contributed by atoms with Crippen LogP contribution in [-0.2, 0) is 0 Å². The summed E-state index contributed by atoms with van der Waals surface area (Å²) >= 11 is 1.71. The van der Waals surface area contributed by atoms with Crippen molar-refractivity contribution in [1.82, 2.24) is 10.6 Å². The van der Waals surface area contributed by atoms with Crippen molar-refractivity contribution in [2.24, 2.45) is 5.92 Å². The molecule has 0 radical (unpaired) electrons.